The Kier molecular flexibility index (Phi) is 4.35. The highest BCUT2D eigenvalue weighted by Gasteiger charge is 2.29. The molecule has 7 heteroatoms. The van der Waals surface area contributed by atoms with Gasteiger partial charge in [0, 0.05) is 17.0 Å². The Balaban J connectivity index is 1.77. The molecular formula is C15H16N2O3S2. The molecule has 0 N–H and O–H groups in total. The lowest BCUT2D eigenvalue weighted by molar-refractivity contribution is 0.415. The van der Waals surface area contributed by atoms with Crippen LogP contribution in [0, 0.1) is 0 Å². The number of sulfone groups is 1. The minimum absolute atomic E-state index is 0.0520. The van der Waals surface area contributed by atoms with Gasteiger partial charge in [-0.3, -0.25) is 0 Å². The molecule has 1 atom stereocenters. The molecule has 1 saturated heterocycles. The van der Waals surface area contributed by atoms with E-state index in [1.54, 1.807) is 13.3 Å². The molecule has 2 aromatic rings. The van der Waals surface area contributed by atoms with Crippen molar-refractivity contribution in [2.75, 3.05) is 18.6 Å². The van der Waals surface area contributed by atoms with Gasteiger partial charge < -0.3 is 4.74 Å². The summed E-state index contributed by atoms with van der Waals surface area (Å²) in [7, 11) is -1.25. The lowest BCUT2D eigenvalue weighted by Crippen LogP contribution is -2.07. The maximum Gasteiger partial charge on any atom is 0.188 e. The predicted molar refractivity (Wildman–Crippen MR) is 86.9 cm³/mol. The van der Waals surface area contributed by atoms with E-state index in [2.05, 4.69) is 9.97 Å². The summed E-state index contributed by atoms with van der Waals surface area (Å²) in [6.07, 6.45) is 2.38. The zero-order valence-corrected chi connectivity index (χ0v) is 13.7. The topological polar surface area (TPSA) is 69.2 Å². The highest BCUT2D eigenvalue weighted by atomic mass is 32.2. The number of aromatic nitrogens is 2. The minimum Gasteiger partial charge on any atom is -0.497 e. The molecule has 116 valence electrons. The largest absolute Gasteiger partial charge is 0.497 e. The van der Waals surface area contributed by atoms with E-state index in [4.69, 9.17) is 4.74 Å². The van der Waals surface area contributed by atoms with Crippen LogP contribution in [0.4, 0.5) is 0 Å². The fourth-order valence-electron chi connectivity index (χ4n) is 2.32. The normalized spacial score (nSPS) is 20.0. The average Bonchev–Trinajstić information content (AvgIpc) is 2.86. The van der Waals surface area contributed by atoms with E-state index in [1.165, 1.54) is 11.8 Å². The predicted octanol–water partition coefficient (Wildman–Crippen LogP) is 2.43. The van der Waals surface area contributed by atoms with E-state index in [9.17, 15) is 8.42 Å². The van der Waals surface area contributed by atoms with Crippen molar-refractivity contribution in [2.45, 2.75) is 16.8 Å². The molecule has 0 saturated carbocycles. The van der Waals surface area contributed by atoms with E-state index < -0.39 is 9.84 Å². The average molecular weight is 336 g/mol. The number of thioether (sulfide) groups is 1. The third-order valence-corrected chi connectivity index (χ3v) is 6.60. The molecule has 1 aromatic carbocycles. The number of benzene rings is 1. The van der Waals surface area contributed by atoms with Crippen molar-refractivity contribution in [3.05, 3.63) is 36.5 Å². The summed E-state index contributed by atoms with van der Waals surface area (Å²) in [5, 5.41) is 0.673. The Morgan fingerprint density at radius 1 is 1.23 bits per heavy atom. The number of ether oxygens (including phenoxy) is 1. The van der Waals surface area contributed by atoms with Gasteiger partial charge in [-0.1, -0.05) is 11.8 Å². The Morgan fingerprint density at radius 2 is 2.00 bits per heavy atom. The van der Waals surface area contributed by atoms with Crippen LogP contribution >= 0.6 is 11.8 Å². The number of hydrogen-bond donors (Lipinski definition) is 0. The van der Waals surface area contributed by atoms with Crippen molar-refractivity contribution < 1.29 is 13.2 Å². The van der Waals surface area contributed by atoms with Gasteiger partial charge in [0.15, 0.2) is 15.0 Å². The molecule has 5 nitrogen and oxygen atoms in total. The van der Waals surface area contributed by atoms with Crippen molar-refractivity contribution in [3.8, 4) is 17.0 Å². The van der Waals surface area contributed by atoms with Gasteiger partial charge >= 0.3 is 0 Å². The molecule has 22 heavy (non-hydrogen) atoms. The van der Waals surface area contributed by atoms with E-state index in [1.807, 2.05) is 30.3 Å². The first-order valence-corrected chi connectivity index (χ1v) is 9.60. The van der Waals surface area contributed by atoms with Gasteiger partial charge in [-0.05, 0) is 36.8 Å². The highest BCUT2D eigenvalue weighted by molar-refractivity contribution is 8.01. The Bertz CT molecular complexity index is 761. The molecule has 1 aliphatic rings. The van der Waals surface area contributed by atoms with Crippen LogP contribution in [0.3, 0.4) is 0 Å². The van der Waals surface area contributed by atoms with Crippen LogP contribution < -0.4 is 4.74 Å². The molecule has 2 heterocycles. The van der Waals surface area contributed by atoms with E-state index in [0.717, 1.165) is 17.0 Å². The summed E-state index contributed by atoms with van der Waals surface area (Å²) in [4.78, 5) is 8.77. The summed E-state index contributed by atoms with van der Waals surface area (Å²) in [5.74, 6) is 1.28. The SMILES string of the molecule is COc1ccc(-c2ccnc(S[C@H]3CCS(=O)(=O)C3)n2)cc1. The van der Waals surface area contributed by atoms with E-state index in [0.29, 0.717) is 11.6 Å². The molecule has 0 amide bonds. The third kappa shape index (κ3) is 3.59. The quantitative estimate of drug-likeness (QED) is 0.799. The standard InChI is InChI=1S/C15H16N2O3S2/c1-20-12-4-2-11(3-5-12)14-6-8-16-15(17-14)21-13-7-9-22(18,19)10-13/h2-6,8,13H,7,9-10H2,1H3/t13-/m0/s1. The maximum absolute atomic E-state index is 11.5. The summed E-state index contributed by atoms with van der Waals surface area (Å²) >= 11 is 1.44. The molecule has 0 bridgehead atoms. The van der Waals surface area contributed by atoms with Crippen molar-refractivity contribution in [3.63, 3.8) is 0 Å². The molecular weight excluding hydrogens is 320 g/mol. The smallest absolute Gasteiger partial charge is 0.188 e. The maximum atomic E-state index is 11.5. The molecule has 3 rings (SSSR count). The minimum atomic E-state index is -2.88. The van der Waals surface area contributed by atoms with Crippen LogP contribution in [-0.4, -0.2) is 42.3 Å². The van der Waals surface area contributed by atoms with Crippen LogP contribution in [0.2, 0.25) is 0 Å². The van der Waals surface area contributed by atoms with Crippen LogP contribution in [0.25, 0.3) is 11.3 Å². The first-order chi connectivity index (χ1) is 10.6. The van der Waals surface area contributed by atoms with Crippen LogP contribution in [0.15, 0.2) is 41.7 Å². The summed E-state index contributed by atoms with van der Waals surface area (Å²) < 4.78 is 28.2. The van der Waals surface area contributed by atoms with Crippen LogP contribution in [0.1, 0.15) is 6.42 Å². The Hall–Kier alpha value is -1.60. The molecule has 0 spiro atoms. The number of methoxy groups -OCH3 is 1. The van der Waals surface area contributed by atoms with Crippen LogP contribution in [0.5, 0.6) is 5.75 Å². The third-order valence-electron chi connectivity index (χ3n) is 3.48. The first kappa shape index (κ1) is 15.3. The number of hydrogen-bond acceptors (Lipinski definition) is 6. The Labute approximate surface area is 134 Å². The molecule has 0 radical (unpaired) electrons. The van der Waals surface area contributed by atoms with Gasteiger partial charge in [0.05, 0.1) is 24.3 Å². The molecule has 1 fully saturated rings. The zero-order chi connectivity index (χ0) is 15.6. The lowest BCUT2D eigenvalue weighted by atomic mass is 10.1. The number of nitrogens with zero attached hydrogens (tertiary/aromatic N) is 2. The van der Waals surface area contributed by atoms with Gasteiger partial charge in [-0.25, -0.2) is 18.4 Å². The monoisotopic (exact) mass is 336 g/mol. The fourth-order valence-corrected chi connectivity index (χ4v) is 5.72. The second-order valence-electron chi connectivity index (χ2n) is 5.10. The van der Waals surface area contributed by atoms with Crippen molar-refractivity contribution in [2.24, 2.45) is 0 Å². The van der Waals surface area contributed by atoms with Crippen LogP contribution in [-0.2, 0) is 9.84 Å². The van der Waals surface area contributed by atoms with E-state index >= 15 is 0 Å². The summed E-state index contributed by atoms with van der Waals surface area (Å²) in [5.41, 5.74) is 1.80. The van der Waals surface area contributed by atoms with Crippen molar-refractivity contribution in [1.82, 2.24) is 9.97 Å². The Morgan fingerprint density at radius 3 is 2.64 bits per heavy atom. The first-order valence-electron chi connectivity index (χ1n) is 6.90. The second-order valence-corrected chi connectivity index (χ2v) is 8.59. The molecule has 0 unspecified atom stereocenters. The van der Waals surface area contributed by atoms with Gasteiger partial charge in [-0.15, -0.1) is 0 Å². The van der Waals surface area contributed by atoms with Gasteiger partial charge in [-0.2, -0.15) is 0 Å². The molecule has 0 aliphatic carbocycles. The van der Waals surface area contributed by atoms with Gasteiger partial charge in [0.25, 0.3) is 0 Å². The van der Waals surface area contributed by atoms with E-state index in [-0.39, 0.29) is 16.8 Å². The molecule has 1 aliphatic heterocycles. The zero-order valence-electron chi connectivity index (χ0n) is 12.1. The summed E-state index contributed by atoms with van der Waals surface area (Å²) in [6.45, 7) is 0. The lowest BCUT2D eigenvalue weighted by Gasteiger charge is -2.07. The van der Waals surface area contributed by atoms with Gasteiger partial charge in [0.2, 0.25) is 0 Å². The fraction of sp³-hybridized carbons (Fsp3) is 0.333. The molecule has 1 aromatic heterocycles. The summed E-state index contributed by atoms with van der Waals surface area (Å²) in [6, 6.07) is 9.49. The van der Waals surface area contributed by atoms with Crippen molar-refractivity contribution >= 4 is 21.6 Å². The second kappa shape index (κ2) is 6.26. The van der Waals surface area contributed by atoms with Gasteiger partial charge in [0.1, 0.15) is 5.75 Å². The van der Waals surface area contributed by atoms with Crippen molar-refractivity contribution in [1.29, 1.82) is 0 Å². The number of rotatable bonds is 4. The highest BCUT2D eigenvalue weighted by Crippen LogP contribution is 2.30.